The third-order valence-electron chi connectivity index (χ3n) is 3.58. The third-order valence-corrected chi connectivity index (χ3v) is 4.74. The predicted octanol–water partition coefficient (Wildman–Crippen LogP) is 4.67. The van der Waals surface area contributed by atoms with Gasteiger partial charge in [-0.1, -0.05) is 32.8 Å². The first-order chi connectivity index (χ1) is 8.69. The predicted molar refractivity (Wildman–Crippen MR) is 79.5 cm³/mol. The summed E-state index contributed by atoms with van der Waals surface area (Å²) in [6.45, 7) is 6.71. The van der Waals surface area contributed by atoms with Crippen molar-refractivity contribution in [1.29, 1.82) is 0 Å². The average molecular weight is 281 g/mol. The molecule has 0 bridgehead atoms. The molecule has 2 heterocycles. The van der Waals surface area contributed by atoms with Gasteiger partial charge < -0.3 is 0 Å². The van der Waals surface area contributed by atoms with E-state index in [9.17, 15) is 0 Å². The Balaban J connectivity index is 2.44. The Morgan fingerprint density at radius 3 is 2.72 bits per heavy atom. The smallest absolute Gasteiger partial charge is 0.195 e. The molecule has 0 spiro atoms. The first kappa shape index (κ1) is 13.5. The molecule has 2 aromatic rings. The van der Waals surface area contributed by atoms with E-state index < -0.39 is 0 Å². The van der Waals surface area contributed by atoms with Crippen molar-refractivity contribution in [3.05, 3.63) is 22.3 Å². The van der Waals surface area contributed by atoms with E-state index in [1.807, 2.05) is 6.07 Å². The van der Waals surface area contributed by atoms with Crippen LogP contribution in [0.15, 0.2) is 17.5 Å². The van der Waals surface area contributed by atoms with E-state index in [1.54, 1.807) is 11.3 Å². The fraction of sp³-hybridized carbons (Fsp3) is 0.538. The zero-order valence-electron chi connectivity index (χ0n) is 11.0. The summed E-state index contributed by atoms with van der Waals surface area (Å²) in [7, 11) is 0. The van der Waals surface area contributed by atoms with Crippen molar-refractivity contribution >= 4 is 23.6 Å². The Labute approximate surface area is 117 Å². The van der Waals surface area contributed by atoms with Gasteiger partial charge in [0.2, 0.25) is 0 Å². The molecule has 0 aliphatic carbocycles. The van der Waals surface area contributed by atoms with Gasteiger partial charge in [-0.15, -0.1) is 11.3 Å². The summed E-state index contributed by atoms with van der Waals surface area (Å²) in [5, 5.41) is 9.39. The van der Waals surface area contributed by atoms with E-state index in [-0.39, 0.29) is 0 Å². The lowest BCUT2D eigenvalue weighted by Crippen LogP contribution is -2.16. The van der Waals surface area contributed by atoms with Crippen molar-refractivity contribution in [2.45, 2.75) is 39.7 Å². The molecule has 0 radical (unpaired) electrons. The molecule has 1 unspecified atom stereocenters. The van der Waals surface area contributed by atoms with Gasteiger partial charge in [-0.05, 0) is 36.5 Å². The Hall–Kier alpha value is -0.940. The monoisotopic (exact) mass is 281 g/mol. The lowest BCUT2D eigenvalue weighted by atomic mass is 9.95. The second-order valence-corrected chi connectivity index (χ2v) is 5.85. The normalized spacial score (nSPS) is 13.1. The first-order valence-corrected chi connectivity index (χ1v) is 7.68. The van der Waals surface area contributed by atoms with Crippen LogP contribution in [-0.2, 0) is 0 Å². The average Bonchev–Trinajstić information content (AvgIpc) is 2.98. The van der Waals surface area contributed by atoms with Gasteiger partial charge in [0, 0.05) is 6.04 Å². The van der Waals surface area contributed by atoms with Crippen LogP contribution in [0.25, 0.3) is 10.7 Å². The second kappa shape index (κ2) is 5.80. The molecule has 0 fully saturated rings. The summed E-state index contributed by atoms with van der Waals surface area (Å²) in [5.41, 5.74) is 0. The van der Waals surface area contributed by atoms with Crippen molar-refractivity contribution < 1.29 is 0 Å². The maximum Gasteiger partial charge on any atom is 0.195 e. The summed E-state index contributed by atoms with van der Waals surface area (Å²) in [5.74, 6) is 1.60. The van der Waals surface area contributed by atoms with Gasteiger partial charge in [-0.2, -0.15) is 5.10 Å². The third kappa shape index (κ3) is 2.42. The van der Waals surface area contributed by atoms with Crippen LogP contribution in [0.3, 0.4) is 0 Å². The SMILES string of the molecule is CCC(CC)C(C)n1c(-c2cccs2)n[nH]c1=S. The molecule has 98 valence electrons. The molecule has 2 rings (SSSR count). The fourth-order valence-corrected chi connectivity index (χ4v) is 3.45. The molecular weight excluding hydrogens is 262 g/mol. The summed E-state index contributed by atoms with van der Waals surface area (Å²) in [6, 6.07) is 4.51. The summed E-state index contributed by atoms with van der Waals surface area (Å²) in [4.78, 5) is 1.17. The van der Waals surface area contributed by atoms with E-state index in [0.29, 0.717) is 12.0 Å². The molecule has 0 aliphatic heterocycles. The summed E-state index contributed by atoms with van der Waals surface area (Å²) in [6.07, 6.45) is 2.32. The van der Waals surface area contributed by atoms with Crippen molar-refractivity contribution in [3.8, 4) is 10.7 Å². The van der Waals surface area contributed by atoms with Crippen molar-refractivity contribution in [2.24, 2.45) is 5.92 Å². The van der Waals surface area contributed by atoms with Gasteiger partial charge in [0.15, 0.2) is 10.6 Å². The molecule has 5 heteroatoms. The molecule has 0 amide bonds. The molecule has 0 aliphatic rings. The number of hydrogen-bond acceptors (Lipinski definition) is 3. The summed E-state index contributed by atoms with van der Waals surface area (Å²) >= 11 is 7.09. The highest BCUT2D eigenvalue weighted by molar-refractivity contribution is 7.71. The van der Waals surface area contributed by atoms with Gasteiger partial charge in [-0.3, -0.25) is 9.67 Å². The topological polar surface area (TPSA) is 33.6 Å². The second-order valence-electron chi connectivity index (χ2n) is 4.52. The van der Waals surface area contributed by atoms with E-state index in [4.69, 9.17) is 12.2 Å². The van der Waals surface area contributed by atoms with Crippen LogP contribution in [0.1, 0.15) is 39.7 Å². The van der Waals surface area contributed by atoms with Crippen LogP contribution in [-0.4, -0.2) is 14.8 Å². The van der Waals surface area contributed by atoms with Crippen LogP contribution >= 0.6 is 23.6 Å². The van der Waals surface area contributed by atoms with Gasteiger partial charge >= 0.3 is 0 Å². The van der Waals surface area contributed by atoms with Crippen LogP contribution in [0.4, 0.5) is 0 Å². The Kier molecular flexibility index (Phi) is 4.35. The van der Waals surface area contributed by atoms with Gasteiger partial charge in [0.05, 0.1) is 4.88 Å². The number of nitrogens with zero attached hydrogens (tertiary/aromatic N) is 2. The van der Waals surface area contributed by atoms with Crippen molar-refractivity contribution in [3.63, 3.8) is 0 Å². The number of aromatic nitrogens is 3. The Bertz CT molecular complexity index is 535. The van der Waals surface area contributed by atoms with E-state index >= 15 is 0 Å². The minimum atomic E-state index is 0.378. The highest BCUT2D eigenvalue weighted by atomic mass is 32.1. The zero-order chi connectivity index (χ0) is 13.1. The van der Waals surface area contributed by atoms with E-state index in [1.165, 1.54) is 4.88 Å². The number of rotatable bonds is 5. The van der Waals surface area contributed by atoms with Gasteiger partial charge in [-0.25, -0.2) is 0 Å². The number of thiophene rings is 1. The molecular formula is C13H19N3S2. The van der Waals surface area contributed by atoms with Crippen LogP contribution in [0.2, 0.25) is 0 Å². The first-order valence-electron chi connectivity index (χ1n) is 6.39. The highest BCUT2D eigenvalue weighted by Gasteiger charge is 2.20. The Morgan fingerprint density at radius 2 is 2.17 bits per heavy atom. The fourth-order valence-electron chi connectivity index (χ4n) is 2.44. The summed E-state index contributed by atoms with van der Waals surface area (Å²) < 4.78 is 2.89. The van der Waals surface area contributed by atoms with E-state index in [2.05, 4.69) is 47.0 Å². The van der Waals surface area contributed by atoms with Crippen LogP contribution < -0.4 is 0 Å². The molecule has 0 aromatic carbocycles. The van der Waals surface area contributed by atoms with Crippen LogP contribution in [0, 0.1) is 10.7 Å². The van der Waals surface area contributed by atoms with Crippen molar-refractivity contribution in [1.82, 2.24) is 14.8 Å². The van der Waals surface area contributed by atoms with Gasteiger partial charge in [0.25, 0.3) is 0 Å². The molecule has 2 aromatic heterocycles. The number of hydrogen-bond donors (Lipinski definition) is 1. The minimum absolute atomic E-state index is 0.378. The highest BCUT2D eigenvalue weighted by Crippen LogP contribution is 2.30. The molecule has 0 saturated heterocycles. The number of nitrogens with one attached hydrogen (secondary N) is 1. The number of H-pyrrole nitrogens is 1. The molecule has 1 N–H and O–H groups in total. The van der Waals surface area contributed by atoms with E-state index in [0.717, 1.165) is 23.4 Å². The van der Waals surface area contributed by atoms with Crippen LogP contribution in [0.5, 0.6) is 0 Å². The largest absolute Gasteiger partial charge is 0.296 e. The minimum Gasteiger partial charge on any atom is -0.296 e. The molecule has 1 atom stereocenters. The van der Waals surface area contributed by atoms with Gasteiger partial charge in [0.1, 0.15) is 0 Å². The standard InChI is InChI=1S/C13H19N3S2/c1-4-10(5-2)9(3)16-12(14-15-13(16)17)11-7-6-8-18-11/h6-10H,4-5H2,1-3H3,(H,15,17). The Morgan fingerprint density at radius 1 is 1.44 bits per heavy atom. The quantitative estimate of drug-likeness (QED) is 0.808. The maximum atomic E-state index is 5.39. The lowest BCUT2D eigenvalue weighted by Gasteiger charge is -2.23. The van der Waals surface area contributed by atoms with Crippen molar-refractivity contribution in [2.75, 3.05) is 0 Å². The molecule has 0 saturated carbocycles. The lowest BCUT2D eigenvalue weighted by molar-refractivity contribution is 0.333. The maximum absolute atomic E-state index is 5.39. The zero-order valence-corrected chi connectivity index (χ0v) is 12.6. The number of aromatic amines is 1. The molecule has 3 nitrogen and oxygen atoms in total. The molecule has 18 heavy (non-hydrogen) atoms.